The number of aromatic hydroxyl groups is 2. The Morgan fingerprint density at radius 1 is 1.00 bits per heavy atom. The van der Waals surface area contributed by atoms with Crippen molar-refractivity contribution in [2.75, 3.05) is 0 Å². The minimum absolute atomic E-state index is 0.151. The van der Waals surface area contributed by atoms with Gasteiger partial charge >= 0.3 is 11.8 Å². The molecule has 0 saturated heterocycles. The first-order chi connectivity index (χ1) is 15.1. The quantitative estimate of drug-likeness (QED) is 0.325. The van der Waals surface area contributed by atoms with Gasteiger partial charge in [-0.1, -0.05) is 30.3 Å². The molecule has 32 heavy (non-hydrogen) atoms. The molecule has 6 N–H and O–H groups in total. The van der Waals surface area contributed by atoms with Crippen molar-refractivity contribution in [3.63, 3.8) is 0 Å². The number of phenols is 2. The van der Waals surface area contributed by atoms with E-state index in [-0.39, 0.29) is 16.7 Å². The fraction of sp³-hybridized carbons (Fsp3) is 0.0476. The molecule has 0 amide bonds. The highest BCUT2D eigenvalue weighted by Gasteiger charge is 2.49. The summed E-state index contributed by atoms with van der Waals surface area (Å²) in [5.41, 5.74) is -0.311. The van der Waals surface area contributed by atoms with Crippen LogP contribution in [-0.4, -0.2) is 42.4 Å². The van der Waals surface area contributed by atoms with Crippen molar-refractivity contribution in [1.29, 1.82) is 0 Å². The highest BCUT2D eigenvalue weighted by atomic mass is 16.7. The smallest absolute Gasteiger partial charge is 0.386 e. The number of hydrogen-bond donors (Lipinski definition) is 6. The van der Waals surface area contributed by atoms with Crippen LogP contribution in [0.2, 0.25) is 0 Å². The van der Waals surface area contributed by atoms with Gasteiger partial charge in [-0.3, -0.25) is 4.79 Å². The lowest BCUT2D eigenvalue weighted by atomic mass is 10.1. The molecule has 0 saturated carbocycles. The Kier molecular flexibility index (Phi) is 4.67. The number of phenolic OH excluding ortho intramolecular Hbond substituents is 2. The number of aliphatic hydroxyl groups is 3. The van der Waals surface area contributed by atoms with Crippen molar-refractivity contribution in [1.82, 2.24) is 0 Å². The molecule has 1 atom stereocenters. The number of carbonyl (C=O) groups is 1. The Morgan fingerprint density at radius 3 is 2.34 bits per heavy atom. The van der Waals surface area contributed by atoms with E-state index in [2.05, 4.69) is 4.74 Å². The number of benzene rings is 2. The van der Waals surface area contributed by atoms with Gasteiger partial charge in [0.2, 0.25) is 11.5 Å². The molecule has 2 aromatic carbocycles. The molecule has 4 rings (SSSR count). The number of ether oxygens (including phenoxy) is 2. The van der Waals surface area contributed by atoms with Crippen molar-refractivity contribution >= 4 is 16.9 Å². The summed E-state index contributed by atoms with van der Waals surface area (Å²) in [5, 5.41) is 58.5. The van der Waals surface area contributed by atoms with Crippen molar-refractivity contribution in [2.45, 2.75) is 5.79 Å². The summed E-state index contributed by atoms with van der Waals surface area (Å²) in [7, 11) is 0. The highest BCUT2D eigenvalue weighted by Crippen LogP contribution is 2.43. The Hall–Kier alpha value is -4.64. The van der Waals surface area contributed by atoms with Gasteiger partial charge < -0.3 is 44.5 Å². The number of hydrogen-bond acceptors (Lipinski definition) is 10. The normalized spacial score (nSPS) is 18.2. The minimum Gasteiger partial charge on any atom is -0.504 e. The maximum absolute atomic E-state index is 12.5. The molecule has 3 aromatic rings. The number of fused-ring (bicyclic) bond motifs is 1. The summed E-state index contributed by atoms with van der Waals surface area (Å²) in [6, 6.07) is 10.7. The molecular weight excluding hydrogens is 428 g/mol. The van der Waals surface area contributed by atoms with Crippen LogP contribution < -0.4 is 10.2 Å². The van der Waals surface area contributed by atoms with E-state index in [1.165, 1.54) is 0 Å². The third kappa shape index (κ3) is 3.22. The van der Waals surface area contributed by atoms with Crippen LogP contribution in [0, 0.1) is 0 Å². The maximum atomic E-state index is 12.5. The molecular formula is C21H14O11. The summed E-state index contributed by atoms with van der Waals surface area (Å²) in [6.07, 6.45) is 0.615. The fourth-order valence-electron chi connectivity index (χ4n) is 2.97. The van der Waals surface area contributed by atoms with Gasteiger partial charge in [0.1, 0.15) is 16.7 Å². The van der Waals surface area contributed by atoms with Gasteiger partial charge in [-0.25, -0.2) is 4.79 Å². The first-order valence-electron chi connectivity index (χ1n) is 8.87. The van der Waals surface area contributed by atoms with Crippen LogP contribution >= 0.6 is 0 Å². The summed E-state index contributed by atoms with van der Waals surface area (Å²) in [4.78, 5) is 23.7. The molecule has 0 fully saturated rings. The third-order valence-corrected chi connectivity index (χ3v) is 4.56. The summed E-state index contributed by atoms with van der Waals surface area (Å²) in [5.74, 6) is -11.0. The van der Waals surface area contributed by atoms with Crippen LogP contribution in [0.1, 0.15) is 0 Å². The lowest BCUT2D eigenvalue weighted by Crippen LogP contribution is -2.46. The van der Waals surface area contributed by atoms with E-state index in [4.69, 9.17) is 14.3 Å². The predicted molar refractivity (Wildman–Crippen MR) is 106 cm³/mol. The van der Waals surface area contributed by atoms with Crippen LogP contribution in [0.3, 0.4) is 0 Å². The summed E-state index contributed by atoms with van der Waals surface area (Å²) >= 11 is 0. The number of aliphatic carboxylic acids is 1. The second-order valence-electron chi connectivity index (χ2n) is 6.64. The first-order valence-corrected chi connectivity index (χ1v) is 8.87. The molecule has 0 aliphatic carbocycles. The van der Waals surface area contributed by atoms with E-state index in [1.807, 2.05) is 0 Å². The van der Waals surface area contributed by atoms with E-state index in [9.17, 15) is 35.1 Å². The third-order valence-electron chi connectivity index (χ3n) is 4.56. The lowest BCUT2D eigenvalue weighted by molar-refractivity contribution is -0.217. The number of carboxylic acid groups (broad SMARTS) is 1. The molecule has 0 bridgehead atoms. The minimum atomic E-state index is -3.37. The topological polar surface area (TPSA) is 187 Å². The number of carboxylic acids is 1. The zero-order valence-corrected chi connectivity index (χ0v) is 15.8. The van der Waals surface area contributed by atoms with E-state index in [1.54, 1.807) is 30.3 Å². The Balaban J connectivity index is 1.82. The molecule has 0 unspecified atom stereocenters. The summed E-state index contributed by atoms with van der Waals surface area (Å²) < 4.78 is 15.5. The van der Waals surface area contributed by atoms with E-state index in [0.717, 1.165) is 12.1 Å². The van der Waals surface area contributed by atoms with Crippen LogP contribution in [0.25, 0.3) is 22.3 Å². The molecule has 1 aliphatic heterocycles. The maximum Gasteiger partial charge on any atom is 0.386 e. The average Bonchev–Trinajstić information content (AvgIpc) is 2.75. The largest absolute Gasteiger partial charge is 0.504 e. The van der Waals surface area contributed by atoms with Gasteiger partial charge in [-0.05, 0) is 0 Å². The lowest BCUT2D eigenvalue weighted by Gasteiger charge is -2.27. The monoisotopic (exact) mass is 442 g/mol. The van der Waals surface area contributed by atoms with Gasteiger partial charge in [0.15, 0.2) is 22.7 Å². The van der Waals surface area contributed by atoms with Crippen molar-refractivity contribution in [3.8, 4) is 28.6 Å². The first kappa shape index (κ1) is 20.6. The van der Waals surface area contributed by atoms with Gasteiger partial charge in [0.05, 0.1) is 6.08 Å². The SMILES string of the molecule is O=C(O)[C@@]1(O)OC(Oc2cc3oc(-c4ccccc4)cc(=O)c3c(O)c2O)=CC(O)=C1O. The van der Waals surface area contributed by atoms with Crippen LogP contribution in [-0.2, 0) is 9.53 Å². The fourth-order valence-corrected chi connectivity index (χ4v) is 2.97. The second kappa shape index (κ2) is 7.25. The highest BCUT2D eigenvalue weighted by molar-refractivity contribution is 5.89. The van der Waals surface area contributed by atoms with Crippen LogP contribution in [0.4, 0.5) is 0 Å². The molecule has 2 heterocycles. The molecule has 1 aromatic heterocycles. The van der Waals surface area contributed by atoms with Gasteiger partial charge in [0.25, 0.3) is 5.95 Å². The zero-order valence-electron chi connectivity index (χ0n) is 15.8. The van der Waals surface area contributed by atoms with Gasteiger partial charge in [-0.15, -0.1) is 0 Å². The van der Waals surface area contributed by atoms with Crippen molar-refractivity contribution < 1.29 is 49.3 Å². The molecule has 11 heteroatoms. The number of rotatable bonds is 4. The van der Waals surface area contributed by atoms with E-state index < -0.39 is 51.9 Å². The molecule has 11 nitrogen and oxygen atoms in total. The van der Waals surface area contributed by atoms with Gasteiger partial charge in [0, 0.05) is 17.7 Å². The van der Waals surface area contributed by atoms with Crippen LogP contribution in [0.15, 0.2) is 75.2 Å². The van der Waals surface area contributed by atoms with E-state index in [0.29, 0.717) is 11.6 Å². The Bertz CT molecular complexity index is 1370. The van der Waals surface area contributed by atoms with E-state index >= 15 is 0 Å². The zero-order chi connectivity index (χ0) is 23.2. The predicted octanol–water partition coefficient (Wildman–Crippen LogP) is 2.22. The van der Waals surface area contributed by atoms with Crippen molar-refractivity contribution in [2.24, 2.45) is 0 Å². The Morgan fingerprint density at radius 2 is 1.69 bits per heavy atom. The van der Waals surface area contributed by atoms with Crippen LogP contribution in [0.5, 0.6) is 17.2 Å². The molecule has 1 aliphatic rings. The second-order valence-corrected chi connectivity index (χ2v) is 6.64. The number of aliphatic hydroxyl groups excluding tert-OH is 2. The molecule has 0 radical (unpaired) electrons. The van der Waals surface area contributed by atoms with Gasteiger partial charge in [-0.2, -0.15) is 0 Å². The average molecular weight is 442 g/mol. The Labute approximate surface area is 177 Å². The van der Waals surface area contributed by atoms with Crippen molar-refractivity contribution in [3.05, 3.63) is 76.2 Å². The molecule has 164 valence electrons. The standard InChI is InChI=1S/C21H14O11/c22-10-6-12(9-4-2-1-3-5-9)30-13-8-14(17(24)18(25)16(10)13)31-15-7-11(23)19(26)21(29,32-15)20(27)28/h1-8,23-26,29H,(H,27,28)/t21-/m0/s1. The summed E-state index contributed by atoms with van der Waals surface area (Å²) in [6.45, 7) is 0. The number of allylic oxidation sites excluding steroid dienone is 1. The molecule has 0 spiro atoms.